The van der Waals surface area contributed by atoms with E-state index >= 15 is 0 Å². The Labute approximate surface area is 81.0 Å². The van der Waals surface area contributed by atoms with Crippen molar-refractivity contribution in [3.63, 3.8) is 0 Å². The fraction of sp³-hybridized carbons (Fsp3) is 0.333. The van der Waals surface area contributed by atoms with Crippen LogP contribution < -0.4 is 0 Å². The maximum Gasteiger partial charge on any atom is 0.673 e. The lowest BCUT2D eigenvalue weighted by Gasteiger charge is -2.01. The molecule has 0 saturated carbocycles. The van der Waals surface area contributed by atoms with Gasteiger partial charge in [-0.2, -0.15) is 0 Å². The minimum absolute atomic E-state index is 0.627. The van der Waals surface area contributed by atoms with E-state index in [1.54, 1.807) is 0 Å². The molecule has 0 N–H and O–H groups in total. The molecule has 1 aromatic carbocycles. The smallest absolute Gasteiger partial charge is 0.418 e. The highest BCUT2D eigenvalue weighted by molar-refractivity contribution is 6.50. The third-order valence-electron chi connectivity index (χ3n) is 1.40. The van der Waals surface area contributed by atoms with Crippen LogP contribution in [0.5, 0.6) is 0 Å². The van der Waals surface area contributed by atoms with Gasteiger partial charge in [0.2, 0.25) is 0 Å². The van der Waals surface area contributed by atoms with Crippen molar-refractivity contribution in [1.29, 1.82) is 0 Å². The SMILES string of the molecule is CC(C)c1c[c]ccc1.F[B-](F)(F)F. The molecule has 0 unspecified atom stereocenters. The number of hydrogen-bond acceptors (Lipinski definition) is 0. The summed E-state index contributed by atoms with van der Waals surface area (Å²) < 4.78 is 39.0. The molecule has 0 nitrogen and oxygen atoms in total. The van der Waals surface area contributed by atoms with Gasteiger partial charge in [-0.3, -0.25) is 0 Å². The summed E-state index contributed by atoms with van der Waals surface area (Å²) in [7, 11) is -6.00. The Balaban J connectivity index is 0.000000292. The summed E-state index contributed by atoms with van der Waals surface area (Å²) in [5.41, 5.74) is 1.36. The van der Waals surface area contributed by atoms with Crippen LogP contribution in [-0.2, 0) is 0 Å². The molecular formula is C9H11BF4-. The molecule has 0 atom stereocenters. The molecule has 0 spiro atoms. The first kappa shape index (κ1) is 13.0. The van der Waals surface area contributed by atoms with Crippen LogP contribution in [0.4, 0.5) is 17.3 Å². The van der Waals surface area contributed by atoms with Crippen molar-refractivity contribution >= 4 is 7.25 Å². The summed E-state index contributed by atoms with van der Waals surface area (Å²) in [6.45, 7) is 4.37. The lowest BCUT2D eigenvalue weighted by Crippen LogP contribution is -2.02. The predicted octanol–water partition coefficient (Wildman–Crippen LogP) is 3.91. The molecule has 0 amide bonds. The zero-order valence-corrected chi connectivity index (χ0v) is 7.98. The molecule has 0 aromatic heterocycles. The van der Waals surface area contributed by atoms with Gasteiger partial charge in [0.05, 0.1) is 0 Å². The van der Waals surface area contributed by atoms with Crippen LogP contribution in [-0.4, -0.2) is 7.25 Å². The van der Waals surface area contributed by atoms with Crippen LogP contribution in [0.3, 0.4) is 0 Å². The van der Waals surface area contributed by atoms with E-state index in [1.165, 1.54) is 5.56 Å². The lowest BCUT2D eigenvalue weighted by atomic mass is 10.0. The second-order valence-electron chi connectivity index (χ2n) is 2.99. The molecule has 79 valence electrons. The molecule has 5 heteroatoms. The summed E-state index contributed by atoms with van der Waals surface area (Å²) in [5.74, 6) is 0.627. The molecule has 0 bridgehead atoms. The number of benzene rings is 1. The van der Waals surface area contributed by atoms with Crippen molar-refractivity contribution in [2.24, 2.45) is 0 Å². The maximum absolute atomic E-state index is 9.75. The van der Waals surface area contributed by atoms with Gasteiger partial charge in [-0.1, -0.05) is 38.1 Å². The number of rotatable bonds is 1. The summed E-state index contributed by atoms with van der Waals surface area (Å²) in [6, 6.07) is 11.1. The molecule has 0 aliphatic carbocycles. The molecule has 0 aliphatic heterocycles. The monoisotopic (exact) mass is 206 g/mol. The zero-order valence-electron chi connectivity index (χ0n) is 7.98. The first-order chi connectivity index (χ1) is 6.30. The minimum Gasteiger partial charge on any atom is -0.418 e. The highest BCUT2D eigenvalue weighted by Gasteiger charge is 2.20. The van der Waals surface area contributed by atoms with Gasteiger partial charge in [0.1, 0.15) is 0 Å². The zero-order chi connectivity index (χ0) is 11.2. The molecule has 1 radical (unpaired) electrons. The van der Waals surface area contributed by atoms with Gasteiger partial charge in [0.25, 0.3) is 0 Å². The van der Waals surface area contributed by atoms with Crippen LogP contribution in [0.2, 0.25) is 0 Å². The standard InChI is InChI=1S/C9H11.BF4/c1-8(2)9-6-4-3-5-7-9;2-1(3,4)5/h3-4,6-8H,1-2H3;/q;-1. The largest absolute Gasteiger partial charge is 0.673 e. The molecule has 0 saturated heterocycles. The van der Waals surface area contributed by atoms with E-state index in [9.17, 15) is 17.3 Å². The van der Waals surface area contributed by atoms with Crippen molar-refractivity contribution in [2.75, 3.05) is 0 Å². The molecule has 1 aromatic rings. The van der Waals surface area contributed by atoms with E-state index in [-0.39, 0.29) is 0 Å². The van der Waals surface area contributed by atoms with Gasteiger partial charge in [-0.25, -0.2) is 0 Å². The lowest BCUT2D eigenvalue weighted by molar-refractivity contribution is 0.368. The Morgan fingerprint density at radius 1 is 1.21 bits per heavy atom. The third-order valence-corrected chi connectivity index (χ3v) is 1.40. The molecule has 0 heterocycles. The van der Waals surface area contributed by atoms with Crippen LogP contribution in [0, 0.1) is 6.07 Å². The number of halogens is 4. The Hall–Kier alpha value is -0.995. The number of hydrogen-bond donors (Lipinski definition) is 0. The third kappa shape index (κ3) is 9.10. The van der Waals surface area contributed by atoms with Crippen LogP contribution in [0.25, 0.3) is 0 Å². The molecule has 0 aliphatic rings. The van der Waals surface area contributed by atoms with Crippen molar-refractivity contribution in [1.82, 2.24) is 0 Å². The van der Waals surface area contributed by atoms with Gasteiger partial charge >= 0.3 is 7.25 Å². The molecule has 0 fully saturated rings. The predicted molar refractivity (Wildman–Crippen MR) is 49.6 cm³/mol. The van der Waals surface area contributed by atoms with Crippen LogP contribution in [0.15, 0.2) is 24.3 Å². The highest BCUT2D eigenvalue weighted by atomic mass is 19.5. The second-order valence-corrected chi connectivity index (χ2v) is 2.99. The van der Waals surface area contributed by atoms with Crippen LogP contribution in [0.1, 0.15) is 25.3 Å². The quantitative estimate of drug-likeness (QED) is 0.482. The average Bonchev–Trinajstić information content (AvgIpc) is 2.03. The maximum atomic E-state index is 9.75. The summed E-state index contributed by atoms with van der Waals surface area (Å²) >= 11 is 0. The first-order valence-corrected chi connectivity index (χ1v) is 4.14. The summed E-state index contributed by atoms with van der Waals surface area (Å²) in [5, 5.41) is 0. The minimum atomic E-state index is -6.00. The van der Waals surface area contributed by atoms with Crippen molar-refractivity contribution < 1.29 is 17.3 Å². The molecule has 1 rings (SSSR count). The topological polar surface area (TPSA) is 0 Å². The van der Waals surface area contributed by atoms with E-state index in [4.69, 9.17) is 0 Å². The Kier molecular flexibility index (Phi) is 5.27. The van der Waals surface area contributed by atoms with Crippen molar-refractivity contribution in [3.8, 4) is 0 Å². The Morgan fingerprint density at radius 3 is 1.93 bits per heavy atom. The average molecular weight is 206 g/mol. The van der Waals surface area contributed by atoms with Gasteiger partial charge in [0.15, 0.2) is 0 Å². The van der Waals surface area contributed by atoms with Gasteiger partial charge in [-0.05, 0) is 17.5 Å². The highest BCUT2D eigenvalue weighted by Crippen LogP contribution is 2.11. The van der Waals surface area contributed by atoms with E-state index in [1.807, 2.05) is 18.2 Å². The van der Waals surface area contributed by atoms with Crippen LogP contribution >= 0.6 is 0 Å². The van der Waals surface area contributed by atoms with E-state index in [2.05, 4.69) is 26.0 Å². The molecule has 14 heavy (non-hydrogen) atoms. The fourth-order valence-electron chi connectivity index (χ4n) is 0.766. The summed E-state index contributed by atoms with van der Waals surface area (Å²) in [6.07, 6.45) is 0. The van der Waals surface area contributed by atoms with E-state index < -0.39 is 7.25 Å². The van der Waals surface area contributed by atoms with Gasteiger partial charge in [-0.15, -0.1) is 0 Å². The first-order valence-electron chi connectivity index (χ1n) is 4.14. The Bertz CT molecular complexity index is 237. The fourth-order valence-corrected chi connectivity index (χ4v) is 0.766. The van der Waals surface area contributed by atoms with E-state index in [0.717, 1.165) is 0 Å². The van der Waals surface area contributed by atoms with Crippen molar-refractivity contribution in [3.05, 3.63) is 35.9 Å². The van der Waals surface area contributed by atoms with Gasteiger partial charge in [0, 0.05) is 0 Å². The normalized spacial score (nSPS) is 10.8. The summed E-state index contributed by atoms with van der Waals surface area (Å²) in [4.78, 5) is 0. The van der Waals surface area contributed by atoms with Gasteiger partial charge < -0.3 is 17.3 Å². The Morgan fingerprint density at radius 2 is 1.71 bits per heavy atom. The van der Waals surface area contributed by atoms with Crippen molar-refractivity contribution in [2.45, 2.75) is 19.8 Å². The molecular weight excluding hydrogens is 195 g/mol. The second kappa shape index (κ2) is 5.68. The van der Waals surface area contributed by atoms with E-state index in [0.29, 0.717) is 5.92 Å².